The molecule has 1 rings (SSSR count). The molecular formula is C14H20O3. The highest BCUT2D eigenvalue weighted by atomic mass is 16.5. The van der Waals surface area contributed by atoms with E-state index in [0.717, 1.165) is 17.7 Å². The first-order chi connectivity index (χ1) is 8.04. The van der Waals surface area contributed by atoms with Crippen molar-refractivity contribution in [1.82, 2.24) is 0 Å². The second kappa shape index (κ2) is 6.28. The number of rotatable bonds is 6. The van der Waals surface area contributed by atoms with Crippen molar-refractivity contribution in [3.8, 4) is 5.75 Å². The van der Waals surface area contributed by atoms with Crippen LogP contribution in [0.25, 0.3) is 0 Å². The van der Waals surface area contributed by atoms with Crippen molar-refractivity contribution in [3.05, 3.63) is 29.8 Å². The first-order valence-corrected chi connectivity index (χ1v) is 5.88. The third-order valence-corrected chi connectivity index (χ3v) is 3.05. The van der Waals surface area contributed by atoms with E-state index < -0.39 is 5.97 Å². The first kappa shape index (κ1) is 13.6. The molecule has 0 bridgehead atoms. The summed E-state index contributed by atoms with van der Waals surface area (Å²) in [5.41, 5.74) is 1.08. The van der Waals surface area contributed by atoms with Gasteiger partial charge in [0.1, 0.15) is 5.75 Å². The molecule has 0 aromatic heterocycles. The number of hydrogen-bond donors (Lipinski definition) is 1. The number of hydrogen-bond acceptors (Lipinski definition) is 2. The van der Waals surface area contributed by atoms with Gasteiger partial charge in [0.15, 0.2) is 0 Å². The van der Waals surface area contributed by atoms with Crippen LogP contribution in [-0.4, -0.2) is 18.2 Å². The summed E-state index contributed by atoms with van der Waals surface area (Å²) in [6, 6.07) is 7.78. The molecule has 0 spiro atoms. The third kappa shape index (κ3) is 4.10. The Morgan fingerprint density at radius 3 is 2.53 bits per heavy atom. The van der Waals surface area contributed by atoms with Gasteiger partial charge in [0, 0.05) is 6.42 Å². The molecule has 0 saturated carbocycles. The topological polar surface area (TPSA) is 46.5 Å². The highest BCUT2D eigenvalue weighted by Gasteiger charge is 2.19. The Morgan fingerprint density at radius 1 is 1.35 bits per heavy atom. The molecular weight excluding hydrogens is 216 g/mol. The predicted molar refractivity (Wildman–Crippen MR) is 67.3 cm³/mol. The minimum absolute atomic E-state index is 0.142. The second-order valence-corrected chi connectivity index (χ2v) is 4.62. The molecule has 0 aliphatic carbocycles. The third-order valence-electron chi connectivity index (χ3n) is 3.05. The first-order valence-electron chi connectivity index (χ1n) is 5.88. The summed E-state index contributed by atoms with van der Waals surface area (Å²) in [7, 11) is 1.64. The van der Waals surface area contributed by atoms with E-state index in [1.165, 1.54) is 0 Å². The molecule has 17 heavy (non-hydrogen) atoms. The van der Waals surface area contributed by atoms with E-state index in [0.29, 0.717) is 5.92 Å². The average molecular weight is 236 g/mol. The summed E-state index contributed by atoms with van der Waals surface area (Å²) >= 11 is 0. The molecule has 0 saturated heterocycles. The van der Waals surface area contributed by atoms with Crippen molar-refractivity contribution in [3.63, 3.8) is 0 Å². The summed E-state index contributed by atoms with van der Waals surface area (Å²) in [6.45, 7) is 4.12. The molecule has 94 valence electrons. The molecule has 3 heteroatoms. The minimum Gasteiger partial charge on any atom is -0.496 e. The van der Waals surface area contributed by atoms with E-state index >= 15 is 0 Å². The van der Waals surface area contributed by atoms with Gasteiger partial charge in [0.25, 0.3) is 0 Å². The number of ether oxygens (including phenoxy) is 1. The summed E-state index contributed by atoms with van der Waals surface area (Å²) in [5, 5.41) is 8.91. The van der Waals surface area contributed by atoms with Gasteiger partial charge in [0.05, 0.1) is 7.11 Å². The lowest BCUT2D eigenvalue weighted by molar-refractivity contribution is -0.138. The Morgan fingerprint density at radius 2 is 2.00 bits per heavy atom. The highest BCUT2D eigenvalue weighted by molar-refractivity contribution is 5.67. The molecule has 1 aromatic rings. The van der Waals surface area contributed by atoms with Crippen LogP contribution < -0.4 is 4.74 Å². The van der Waals surface area contributed by atoms with Crippen LogP contribution in [0.4, 0.5) is 0 Å². The molecule has 1 N–H and O–H groups in total. The Kier molecular flexibility index (Phi) is 5.01. The lowest BCUT2D eigenvalue weighted by atomic mass is 9.86. The summed E-state index contributed by atoms with van der Waals surface area (Å²) < 4.78 is 5.28. The van der Waals surface area contributed by atoms with Crippen molar-refractivity contribution >= 4 is 5.97 Å². The zero-order valence-electron chi connectivity index (χ0n) is 10.6. The monoisotopic (exact) mass is 236 g/mol. The van der Waals surface area contributed by atoms with Gasteiger partial charge in [-0.1, -0.05) is 32.0 Å². The lowest BCUT2D eigenvalue weighted by Crippen LogP contribution is -2.16. The van der Waals surface area contributed by atoms with Gasteiger partial charge in [-0.25, -0.2) is 0 Å². The van der Waals surface area contributed by atoms with Crippen LogP contribution in [0.5, 0.6) is 5.75 Å². The van der Waals surface area contributed by atoms with Crippen molar-refractivity contribution in [2.45, 2.75) is 26.7 Å². The van der Waals surface area contributed by atoms with Crippen LogP contribution in [0.15, 0.2) is 24.3 Å². The summed E-state index contributed by atoms with van der Waals surface area (Å²) in [6.07, 6.45) is 0.948. The largest absolute Gasteiger partial charge is 0.496 e. The molecule has 0 aliphatic heterocycles. The van der Waals surface area contributed by atoms with E-state index in [-0.39, 0.29) is 12.3 Å². The number of carboxylic acid groups (broad SMARTS) is 1. The Bertz CT molecular complexity index is 371. The van der Waals surface area contributed by atoms with E-state index in [2.05, 4.69) is 13.8 Å². The fourth-order valence-electron chi connectivity index (χ4n) is 1.92. The minimum atomic E-state index is -0.737. The van der Waals surface area contributed by atoms with Gasteiger partial charge in [-0.05, 0) is 29.9 Å². The van der Waals surface area contributed by atoms with E-state index in [1.807, 2.05) is 24.3 Å². The number of aliphatic carboxylic acids is 1. The molecule has 0 heterocycles. The summed E-state index contributed by atoms with van der Waals surface area (Å²) in [5.74, 6) is 0.585. The molecule has 3 nitrogen and oxygen atoms in total. The van der Waals surface area contributed by atoms with Crippen molar-refractivity contribution in [2.24, 2.45) is 11.8 Å². The molecule has 1 unspecified atom stereocenters. The second-order valence-electron chi connectivity index (χ2n) is 4.62. The molecule has 1 atom stereocenters. The normalized spacial score (nSPS) is 12.5. The smallest absolute Gasteiger partial charge is 0.303 e. The van der Waals surface area contributed by atoms with Gasteiger partial charge in [0.2, 0.25) is 0 Å². The molecule has 0 fully saturated rings. The maximum Gasteiger partial charge on any atom is 0.303 e. The number of methoxy groups -OCH3 is 1. The average Bonchev–Trinajstić information content (AvgIpc) is 2.28. The van der Waals surface area contributed by atoms with Crippen molar-refractivity contribution < 1.29 is 14.6 Å². The zero-order valence-corrected chi connectivity index (χ0v) is 10.6. The summed E-state index contributed by atoms with van der Waals surface area (Å²) in [4.78, 5) is 10.8. The van der Waals surface area contributed by atoms with Gasteiger partial charge in [-0.3, -0.25) is 4.79 Å². The van der Waals surface area contributed by atoms with Crippen molar-refractivity contribution in [2.75, 3.05) is 7.11 Å². The highest BCUT2D eigenvalue weighted by Crippen LogP contribution is 2.26. The van der Waals surface area contributed by atoms with E-state index in [4.69, 9.17) is 9.84 Å². The van der Waals surface area contributed by atoms with Crippen LogP contribution in [-0.2, 0) is 11.2 Å². The van der Waals surface area contributed by atoms with Gasteiger partial charge in [-0.15, -0.1) is 0 Å². The molecule has 0 aliphatic rings. The predicted octanol–water partition coefficient (Wildman–Crippen LogP) is 2.98. The Balaban J connectivity index is 2.81. The standard InChI is InChI=1S/C14H20O3/c1-10(2)12(9-14(15)16)8-11-6-4-5-7-13(11)17-3/h4-7,10,12H,8-9H2,1-3H3,(H,15,16). The molecule has 0 amide bonds. The quantitative estimate of drug-likeness (QED) is 0.826. The number of benzene rings is 1. The number of carbonyl (C=O) groups is 1. The Labute approximate surface area is 102 Å². The zero-order chi connectivity index (χ0) is 12.8. The van der Waals surface area contributed by atoms with Crippen molar-refractivity contribution in [1.29, 1.82) is 0 Å². The van der Waals surface area contributed by atoms with Gasteiger partial charge in [-0.2, -0.15) is 0 Å². The number of para-hydroxylation sites is 1. The van der Waals surface area contributed by atoms with E-state index in [1.54, 1.807) is 7.11 Å². The van der Waals surface area contributed by atoms with Crippen LogP contribution in [0.3, 0.4) is 0 Å². The fourth-order valence-corrected chi connectivity index (χ4v) is 1.92. The molecule has 0 radical (unpaired) electrons. The Hall–Kier alpha value is -1.51. The maximum atomic E-state index is 10.8. The lowest BCUT2D eigenvalue weighted by Gasteiger charge is -2.20. The van der Waals surface area contributed by atoms with E-state index in [9.17, 15) is 4.79 Å². The maximum absolute atomic E-state index is 10.8. The van der Waals surface area contributed by atoms with Gasteiger partial charge >= 0.3 is 5.97 Å². The SMILES string of the molecule is COc1ccccc1CC(CC(=O)O)C(C)C. The molecule has 1 aromatic carbocycles. The fraction of sp³-hybridized carbons (Fsp3) is 0.500. The van der Waals surface area contributed by atoms with Crippen LogP contribution in [0.1, 0.15) is 25.8 Å². The number of carboxylic acids is 1. The van der Waals surface area contributed by atoms with Crippen LogP contribution in [0.2, 0.25) is 0 Å². The van der Waals surface area contributed by atoms with Gasteiger partial charge < -0.3 is 9.84 Å². The van der Waals surface area contributed by atoms with Crippen LogP contribution >= 0.6 is 0 Å². The van der Waals surface area contributed by atoms with Crippen LogP contribution in [0, 0.1) is 11.8 Å².